The van der Waals surface area contributed by atoms with Gasteiger partial charge in [-0.15, -0.1) is 0 Å². The van der Waals surface area contributed by atoms with Gasteiger partial charge in [0.25, 0.3) is 0 Å². The first-order valence-electron chi connectivity index (χ1n) is 10.0. The van der Waals surface area contributed by atoms with Crippen LogP contribution in [0.15, 0.2) is 64.8 Å². The van der Waals surface area contributed by atoms with E-state index in [1.807, 2.05) is 43.3 Å². The molecule has 0 bridgehead atoms. The monoisotopic (exact) mass is 400 g/mol. The molecular formula is C25H24N2O3. The van der Waals surface area contributed by atoms with Crippen LogP contribution in [0, 0.1) is 17.2 Å². The highest BCUT2D eigenvalue weighted by Crippen LogP contribution is 2.48. The SMILES string of the molecule is COc1ccc(OC)c([C@H]2C3=C(C[C@H](c4ccccc4)CC3=O)N=C(C)C2C#N)c1. The lowest BCUT2D eigenvalue weighted by atomic mass is 9.69. The summed E-state index contributed by atoms with van der Waals surface area (Å²) in [6, 6.07) is 18.0. The van der Waals surface area contributed by atoms with E-state index in [4.69, 9.17) is 14.5 Å². The topological polar surface area (TPSA) is 71.7 Å². The number of nitrogens with zero attached hydrogens (tertiary/aromatic N) is 2. The number of nitriles is 1. The molecule has 152 valence electrons. The van der Waals surface area contributed by atoms with Crippen molar-refractivity contribution < 1.29 is 14.3 Å². The quantitative estimate of drug-likeness (QED) is 0.739. The van der Waals surface area contributed by atoms with E-state index in [1.54, 1.807) is 14.2 Å². The van der Waals surface area contributed by atoms with Gasteiger partial charge in [-0.05, 0) is 43.0 Å². The number of rotatable bonds is 4. The molecular weight excluding hydrogens is 376 g/mol. The van der Waals surface area contributed by atoms with Gasteiger partial charge in [0.1, 0.15) is 11.5 Å². The third-order valence-corrected chi connectivity index (χ3v) is 6.07. The van der Waals surface area contributed by atoms with E-state index in [-0.39, 0.29) is 11.7 Å². The second-order valence-electron chi connectivity index (χ2n) is 7.74. The van der Waals surface area contributed by atoms with Crippen molar-refractivity contribution in [3.05, 3.63) is 70.9 Å². The van der Waals surface area contributed by atoms with Crippen molar-refractivity contribution in [2.75, 3.05) is 14.2 Å². The van der Waals surface area contributed by atoms with E-state index >= 15 is 0 Å². The van der Waals surface area contributed by atoms with Crippen molar-refractivity contribution in [3.8, 4) is 17.6 Å². The zero-order valence-electron chi connectivity index (χ0n) is 17.4. The van der Waals surface area contributed by atoms with Crippen LogP contribution in [0.1, 0.15) is 42.7 Å². The van der Waals surface area contributed by atoms with Gasteiger partial charge in [-0.2, -0.15) is 5.26 Å². The minimum atomic E-state index is -0.526. The van der Waals surface area contributed by atoms with E-state index in [0.29, 0.717) is 29.9 Å². The molecule has 5 nitrogen and oxygen atoms in total. The summed E-state index contributed by atoms with van der Waals surface area (Å²) in [4.78, 5) is 18.1. The number of carbonyl (C=O) groups excluding carboxylic acids is 1. The smallest absolute Gasteiger partial charge is 0.161 e. The zero-order valence-corrected chi connectivity index (χ0v) is 17.4. The number of benzene rings is 2. The van der Waals surface area contributed by atoms with Gasteiger partial charge in [0.2, 0.25) is 0 Å². The van der Waals surface area contributed by atoms with Gasteiger partial charge in [0.15, 0.2) is 5.78 Å². The number of Topliss-reactive ketones (excluding diaryl/α,β-unsaturated/α-hetero) is 1. The molecule has 0 spiro atoms. The van der Waals surface area contributed by atoms with Crippen molar-refractivity contribution in [2.24, 2.45) is 10.9 Å². The molecule has 2 aromatic rings. The van der Waals surface area contributed by atoms with Gasteiger partial charge >= 0.3 is 0 Å². The maximum Gasteiger partial charge on any atom is 0.161 e. The van der Waals surface area contributed by atoms with Crippen LogP contribution >= 0.6 is 0 Å². The lowest BCUT2D eigenvalue weighted by Crippen LogP contribution is -2.32. The average molecular weight is 400 g/mol. The third kappa shape index (κ3) is 3.39. The van der Waals surface area contributed by atoms with E-state index in [0.717, 1.165) is 22.5 Å². The van der Waals surface area contributed by atoms with Crippen molar-refractivity contribution in [2.45, 2.75) is 31.6 Å². The van der Waals surface area contributed by atoms with Gasteiger partial charge in [-0.1, -0.05) is 30.3 Å². The number of allylic oxidation sites excluding steroid dienone is 2. The summed E-state index contributed by atoms with van der Waals surface area (Å²) >= 11 is 0. The number of ketones is 1. The van der Waals surface area contributed by atoms with Gasteiger partial charge in [0.05, 0.1) is 26.2 Å². The molecule has 1 aliphatic heterocycles. The van der Waals surface area contributed by atoms with E-state index in [1.165, 1.54) is 0 Å². The molecule has 30 heavy (non-hydrogen) atoms. The average Bonchev–Trinajstić information content (AvgIpc) is 2.78. The Morgan fingerprint density at radius 3 is 2.50 bits per heavy atom. The van der Waals surface area contributed by atoms with Crippen molar-refractivity contribution in [3.63, 3.8) is 0 Å². The molecule has 3 atom stereocenters. The molecule has 0 amide bonds. The number of ether oxygens (including phenoxy) is 2. The first-order valence-corrected chi connectivity index (χ1v) is 10.0. The molecule has 2 aromatic carbocycles. The molecule has 0 saturated heterocycles. The molecule has 1 unspecified atom stereocenters. The van der Waals surface area contributed by atoms with Crippen molar-refractivity contribution >= 4 is 11.5 Å². The lowest BCUT2D eigenvalue weighted by molar-refractivity contribution is -0.116. The second kappa shape index (κ2) is 8.16. The third-order valence-electron chi connectivity index (χ3n) is 6.07. The van der Waals surface area contributed by atoms with Crippen LogP contribution in [0.2, 0.25) is 0 Å². The van der Waals surface area contributed by atoms with Crippen LogP contribution in [0.25, 0.3) is 0 Å². The molecule has 0 N–H and O–H groups in total. The molecule has 4 rings (SSSR count). The van der Waals surface area contributed by atoms with Crippen LogP contribution in [0.4, 0.5) is 0 Å². The first kappa shape index (κ1) is 19.9. The summed E-state index contributed by atoms with van der Waals surface area (Å²) in [5.41, 5.74) is 4.09. The summed E-state index contributed by atoms with van der Waals surface area (Å²) in [5, 5.41) is 9.95. The van der Waals surface area contributed by atoms with E-state index < -0.39 is 11.8 Å². The normalized spacial score (nSPS) is 23.3. The summed E-state index contributed by atoms with van der Waals surface area (Å²) in [6.07, 6.45) is 1.10. The molecule has 0 radical (unpaired) electrons. The molecule has 0 fully saturated rings. The van der Waals surface area contributed by atoms with Crippen LogP contribution in [-0.2, 0) is 4.79 Å². The summed E-state index contributed by atoms with van der Waals surface area (Å²) < 4.78 is 11.0. The number of aliphatic imine (C=N–C) groups is 1. The van der Waals surface area contributed by atoms with Crippen molar-refractivity contribution in [1.82, 2.24) is 0 Å². The number of hydrogen-bond acceptors (Lipinski definition) is 5. The highest BCUT2D eigenvalue weighted by atomic mass is 16.5. The maximum absolute atomic E-state index is 13.4. The van der Waals surface area contributed by atoms with Crippen molar-refractivity contribution in [1.29, 1.82) is 5.26 Å². The fourth-order valence-electron chi connectivity index (χ4n) is 4.61. The summed E-state index contributed by atoms with van der Waals surface area (Å²) in [5.74, 6) is 0.506. The Morgan fingerprint density at radius 1 is 1.07 bits per heavy atom. The Bertz CT molecular complexity index is 1080. The minimum Gasteiger partial charge on any atom is -0.497 e. The fourth-order valence-corrected chi connectivity index (χ4v) is 4.61. The molecule has 2 aliphatic rings. The molecule has 0 saturated carbocycles. The van der Waals surface area contributed by atoms with Crippen LogP contribution in [-0.4, -0.2) is 25.7 Å². The largest absolute Gasteiger partial charge is 0.497 e. The maximum atomic E-state index is 13.4. The fraction of sp³-hybridized carbons (Fsp3) is 0.320. The number of hydrogen-bond donors (Lipinski definition) is 0. The molecule has 1 heterocycles. The highest BCUT2D eigenvalue weighted by molar-refractivity contribution is 6.03. The van der Waals surface area contributed by atoms with Crippen LogP contribution in [0.3, 0.4) is 0 Å². The first-order chi connectivity index (χ1) is 14.6. The van der Waals surface area contributed by atoms with E-state index in [2.05, 4.69) is 18.2 Å². The van der Waals surface area contributed by atoms with Crippen LogP contribution < -0.4 is 9.47 Å². The van der Waals surface area contributed by atoms with Gasteiger partial charge in [-0.25, -0.2) is 0 Å². The van der Waals surface area contributed by atoms with Gasteiger partial charge in [-0.3, -0.25) is 9.79 Å². The second-order valence-corrected chi connectivity index (χ2v) is 7.74. The number of methoxy groups -OCH3 is 2. The predicted octanol–water partition coefficient (Wildman–Crippen LogP) is 4.80. The Balaban J connectivity index is 1.85. The minimum absolute atomic E-state index is 0.0523. The van der Waals surface area contributed by atoms with Gasteiger partial charge in [0, 0.05) is 34.9 Å². The number of carbonyl (C=O) groups is 1. The highest BCUT2D eigenvalue weighted by Gasteiger charge is 2.42. The Labute approximate surface area is 176 Å². The Kier molecular flexibility index (Phi) is 5.41. The molecule has 5 heteroatoms. The Hall–Kier alpha value is -3.39. The Morgan fingerprint density at radius 2 is 1.83 bits per heavy atom. The predicted molar refractivity (Wildman–Crippen MR) is 115 cm³/mol. The molecule has 0 aromatic heterocycles. The lowest BCUT2D eigenvalue weighted by Gasteiger charge is -2.35. The summed E-state index contributed by atoms with van der Waals surface area (Å²) in [7, 11) is 3.20. The summed E-state index contributed by atoms with van der Waals surface area (Å²) in [6.45, 7) is 1.87. The van der Waals surface area contributed by atoms with Gasteiger partial charge < -0.3 is 9.47 Å². The van der Waals surface area contributed by atoms with E-state index in [9.17, 15) is 10.1 Å². The van der Waals surface area contributed by atoms with Crippen LogP contribution in [0.5, 0.6) is 11.5 Å². The zero-order chi connectivity index (χ0) is 21.3. The molecule has 1 aliphatic carbocycles. The standard InChI is InChI=1S/C25H24N2O3/c1-15-20(14-26)24(19-13-18(29-2)9-10-23(19)30-3)25-21(27-15)11-17(12-22(25)28)16-7-5-4-6-8-16/h4-10,13,17,20,24H,11-12H2,1-3H3/t17-,20?,24+/m0/s1.